The van der Waals surface area contributed by atoms with Crippen LogP contribution in [0.1, 0.15) is 66.5 Å². The third-order valence-corrected chi connectivity index (χ3v) is 7.44. The fourth-order valence-electron chi connectivity index (χ4n) is 5.89. The number of ether oxygens (including phenoxy) is 4. The minimum Gasteiger partial charge on any atom is -0.492 e. The van der Waals surface area contributed by atoms with Crippen molar-refractivity contribution in [3.8, 4) is 11.5 Å². The molecule has 1 aliphatic carbocycles. The van der Waals surface area contributed by atoms with Gasteiger partial charge in [0.05, 0.1) is 37.9 Å². The van der Waals surface area contributed by atoms with Gasteiger partial charge in [-0.25, -0.2) is 0 Å². The van der Waals surface area contributed by atoms with Crippen LogP contribution < -0.4 is 9.47 Å². The van der Waals surface area contributed by atoms with Crippen molar-refractivity contribution in [1.82, 2.24) is 4.90 Å². The number of fused-ring (bicyclic) bond motifs is 2. The van der Waals surface area contributed by atoms with Crippen molar-refractivity contribution in [2.24, 2.45) is 0 Å². The van der Waals surface area contributed by atoms with Crippen molar-refractivity contribution >= 4 is 5.97 Å². The van der Waals surface area contributed by atoms with Gasteiger partial charge in [0.1, 0.15) is 17.6 Å². The van der Waals surface area contributed by atoms with Gasteiger partial charge in [-0.05, 0) is 55.5 Å². The van der Waals surface area contributed by atoms with Crippen molar-refractivity contribution in [3.63, 3.8) is 0 Å². The number of carbonyl (C=O) groups is 1. The van der Waals surface area contributed by atoms with E-state index < -0.39 is 11.7 Å². The molecule has 0 aromatic heterocycles. The molecule has 4 atom stereocenters. The fraction of sp³-hybridized carbons (Fsp3) is 0.536. The first-order valence-corrected chi connectivity index (χ1v) is 12.7. The minimum atomic E-state index is -4.43. The highest BCUT2D eigenvalue weighted by molar-refractivity contribution is 5.71. The highest BCUT2D eigenvalue weighted by atomic mass is 19.4. The number of morpholine rings is 1. The summed E-state index contributed by atoms with van der Waals surface area (Å²) in [7, 11) is 1.36. The van der Waals surface area contributed by atoms with Gasteiger partial charge in [-0.2, -0.15) is 13.2 Å². The van der Waals surface area contributed by atoms with Crippen LogP contribution in [0.25, 0.3) is 0 Å². The molecular formula is C28H32F3NO5. The Hall–Kier alpha value is -2.78. The lowest BCUT2D eigenvalue weighted by Crippen LogP contribution is -2.45. The lowest BCUT2D eigenvalue weighted by Gasteiger charge is -2.36. The largest absolute Gasteiger partial charge is 0.492 e. The summed E-state index contributed by atoms with van der Waals surface area (Å²) < 4.78 is 64.6. The molecule has 0 N–H and O–H groups in total. The minimum absolute atomic E-state index is 0.0276. The van der Waals surface area contributed by atoms with E-state index in [1.807, 2.05) is 26.0 Å². The van der Waals surface area contributed by atoms with Crippen LogP contribution in [-0.2, 0) is 33.4 Å². The van der Waals surface area contributed by atoms with E-state index in [2.05, 4.69) is 4.90 Å². The topological polar surface area (TPSA) is 57.2 Å². The van der Waals surface area contributed by atoms with Crippen LogP contribution >= 0.6 is 0 Å². The highest BCUT2D eigenvalue weighted by Crippen LogP contribution is 2.44. The number of rotatable bonds is 6. The van der Waals surface area contributed by atoms with Crippen LogP contribution in [0.2, 0.25) is 0 Å². The maximum Gasteiger partial charge on any atom is 0.416 e. The Balaban J connectivity index is 1.38. The molecule has 0 spiro atoms. The summed E-state index contributed by atoms with van der Waals surface area (Å²) in [6.45, 7) is 5.71. The number of hydrogen-bond acceptors (Lipinski definition) is 6. The molecule has 0 amide bonds. The van der Waals surface area contributed by atoms with Gasteiger partial charge in [-0.3, -0.25) is 9.69 Å². The SMILES string of the molecule is COC(=O)C[C@@H]1COc2cc(O[C@@H]3CCc4c3ccc(C(F)(F)F)c4CN3C[C@@H](C)O[C@@H](C)C3)ccc21. The first-order chi connectivity index (χ1) is 17.6. The molecule has 3 aliphatic rings. The van der Waals surface area contributed by atoms with E-state index in [1.54, 1.807) is 12.1 Å². The second kappa shape index (κ2) is 10.2. The molecule has 2 aromatic rings. The smallest absolute Gasteiger partial charge is 0.416 e. The zero-order valence-corrected chi connectivity index (χ0v) is 21.3. The van der Waals surface area contributed by atoms with E-state index in [0.717, 1.165) is 16.7 Å². The van der Waals surface area contributed by atoms with Crippen LogP contribution in [0.3, 0.4) is 0 Å². The van der Waals surface area contributed by atoms with E-state index in [9.17, 15) is 18.0 Å². The average Bonchev–Trinajstić information content (AvgIpc) is 3.42. The third kappa shape index (κ3) is 5.43. The summed E-state index contributed by atoms with van der Waals surface area (Å²) in [6, 6.07) is 8.29. The second-order valence-corrected chi connectivity index (χ2v) is 10.2. The summed E-state index contributed by atoms with van der Waals surface area (Å²) >= 11 is 0. The molecule has 2 aliphatic heterocycles. The number of alkyl halides is 3. The number of nitrogens with zero attached hydrogens (tertiary/aromatic N) is 1. The van der Waals surface area contributed by atoms with Gasteiger partial charge >= 0.3 is 12.1 Å². The zero-order chi connectivity index (χ0) is 26.3. The molecule has 0 radical (unpaired) electrons. The van der Waals surface area contributed by atoms with E-state index in [-0.39, 0.29) is 43.2 Å². The molecule has 1 fully saturated rings. The van der Waals surface area contributed by atoms with E-state index in [1.165, 1.54) is 13.2 Å². The molecular weight excluding hydrogens is 487 g/mol. The van der Waals surface area contributed by atoms with E-state index in [0.29, 0.717) is 49.6 Å². The van der Waals surface area contributed by atoms with Gasteiger partial charge in [0.25, 0.3) is 0 Å². The number of benzene rings is 2. The van der Waals surface area contributed by atoms with Gasteiger partial charge in [-0.1, -0.05) is 12.1 Å². The molecule has 1 saturated heterocycles. The van der Waals surface area contributed by atoms with Gasteiger partial charge < -0.3 is 18.9 Å². The number of halogens is 3. The molecule has 2 aromatic carbocycles. The van der Waals surface area contributed by atoms with E-state index >= 15 is 0 Å². The maximum absolute atomic E-state index is 14.0. The Kier molecular flexibility index (Phi) is 7.11. The number of esters is 1. The van der Waals surface area contributed by atoms with Crippen molar-refractivity contribution in [2.45, 2.75) is 70.1 Å². The van der Waals surface area contributed by atoms with Crippen molar-refractivity contribution in [1.29, 1.82) is 0 Å². The van der Waals surface area contributed by atoms with Gasteiger partial charge in [0, 0.05) is 37.2 Å². The average molecular weight is 520 g/mol. The maximum atomic E-state index is 14.0. The Morgan fingerprint density at radius 2 is 1.84 bits per heavy atom. The number of hydrogen-bond donors (Lipinski definition) is 0. The Labute approximate surface area is 214 Å². The van der Waals surface area contributed by atoms with Crippen LogP contribution in [0.15, 0.2) is 30.3 Å². The normalized spacial score (nSPS) is 25.4. The second-order valence-electron chi connectivity index (χ2n) is 10.2. The molecule has 0 saturated carbocycles. The number of methoxy groups -OCH3 is 1. The van der Waals surface area contributed by atoms with Gasteiger partial charge in [-0.15, -0.1) is 0 Å². The Morgan fingerprint density at radius 1 is 1.11 bits per heavy atom. The van der Waals surface area contributed by atoms with Crippen molar-refractivity contribution < 1.29 is 36.9 Å². The standard InChI is InChI=1S/C28H32F3NO5/c1-16-12-32(13-17(2)36-16)14-23-21-7-9-25(22(21)6-8-24(23)28(29,30)31)37-19-4-5-20-18(10-27(33)34-3)15-35-26(20)11-19/h4-6,8,11,16-18,25H,7,9-10,12-15H2,1-3H3/t16-,17+,18-,25-/m1/s1. The quantitative estimate of drug-likeness (QED) is 0.475. The summed E-state index contributed by atoms with van der Waals surface area (Å²) in [4.78, 5) is 13.7. The molecule has 0 unspecified atom stereocenters. The van der Waals surface area contributed by atoms with Crippen LogP contribution in [0.5, 0.6) is 11.5 Å². The Morgan fingerprint density at radius 3 is 2.54 bits per heavy atom. The molecule has 9 heteroatoms. The molecule has 200 valence electrons. The predicted molar refractivity (Wildman–Crippen MR) is 130 cm³/mol. The Bertz CT molecular complexity index is 1160. The summed E-state index contributed by atoms with van der Waals surface area (Å²) in [5.74, 6) is 0.887. The first-order valence-electron chi connectivity index (χ1n) is 12.7. The fourth-order valence-corrected chi connectivity index (χ4v) is 5.89. The molecule has 2 heterocycles. The van der Waals surface area contributed by atoms with Crippen LogP contribution in [0.4, 0.5) is 13.2 Å². The lowest BCUT2D eigenvalue weighted by atomic mass is 9.95. The van der Waals surface area contributed by atoms with Crippen LogP contribution in [0, 0.1) is 0 Å². The lowest BCUT2D eigenvalue weighted by molar-refractivity contribution is -0.141. The predicted octanol–water partition coefficient (Wildman–Crippen LogP) is 5.42. The van der Waals surface area contributed by atoms with Crippen molar-refractivity contribution in [3.05, 3.63) is 58.1 Å². The monoisotopic (exact) mass is 519 g/mol. The van der Waals surface area contributed by atoms with Crippen LogP contribution in [-0.4, -0.2) is 49.9 Å². The third-order valence-electron chi connectivity index (χ3n) is 7.44. The summed E-state index contributed by atoms with van der Waals surface area (Å²) in [5, 5.41) is 0. The van der Waals surface area contributed by atoms with Crippen molar-refractivity contribution in [2.75, 3.05) is 26.8 Å². The summed E-state index contributed by atoms with van der Waals surface area (Å²) in [5.41, 5.74) is 2.25. The molecule has 37 heavy (non-hydrogen) atoms. The first kappa shape index (κ1) is 25.9. The molecule has 0 bridgehead atoms. The molecule has 5 rings (SSSR count). The van der Waals surface area contributed by atoms with E-state index in [4.69, 9.17) is 18.9 Å². The highest BCUT2D eigenvalue weighted by Gasteiger charge is 2.38. The number of carbonyl (C=O) groups excluding carboxylic acids is 1. The molecule has 6 nitrogen and oxygen atoms in total. The summed E-state index contributed by atoms with van der Waals surface area (Å²) in [6.07, 6.45) is -3.46. The van der Waals surface area contributed by atoms with Gasteiger partial charge in [0.2, 0.25) is 0 Å². The zero-order valence-electron chi connectivity index (χ0n) is 21.3. The van der Waals surface area contributed by atoms with Gasteiger partial charge in [0.15, 0.2) is 0 Å².